The molecule has 10 heavy (non-hydrogen) atoms. The third-order valence-electron chi connectivity index (χ3n) is 1.75. The molecule has 0 aromatic heterocycles. The molecule has 0 amide bonds. The molecule has 0 unspecified atom stereocenters. The van der Waals surface area contributed by atoms with Gasteiger partial charge in [-0.05, 0) is 33.6 Å². The summed E-state index contributed by atoms with van der Waals surface area (Å²) in [5, 5.41) is 12.4. The summed E-state index contributed by atoms with van der Waals surface area (Å²) in [4.78, 5) is 0. The van der Waals surface area contributed by atoms with E-state index in [2.05, 4.69) is 26.1 Å². The van der Waals surface area contributed by atoms with E-state index < -0.39 is 0 Å². The van der Waals surface area contributed by atoms with Crippen LogP contribution in [0.2, 0.25) is 0 Å². The lowest BCUT2D eigenvalue weighted by atomic mass is 9.87. The van der Waals surface area contributed by atoms with Crippen LogP contribution in [0.5, 0.6) is 0 Å². The molecule has 0 aromatic rings. The maximum atomic E-state index is 8.98. The lowest BCUT2D eigenvalue weighted by Gasteiger charge is -2.37. The number of nitrogens with one attached hydrogen (secondary N) is 1. The van der Waals surface area contributed by atoms with Gasteiger partial charge in [-0.15, -0.1) is 0 Å². The fourth-order valence-electron chi connectivity index (χ4n) is 1.32. The highest BCUT2D eigenvalue weighted by atomic mass is 16.3. The van der Waals surface area contributed by atoms with Crippen LogP contribution in [0.4, 0.5) is 0 Å². The molecule has 1 aliphatic rings. The van der Waals surface area contributed by atoms with Crippen molar-refractivity contribution in [3.8, 4) is 0 Å². The first-order valence-corrected chi connectivity index (χ1v) is 3.93. The third kappa shape index (κ3) is 2.27. The Balaban J connectivity index is 2.16. The smallest absolute Gasteiger partial charge is 0.0570 e. The van der Waals surface area contributed by atoms with Gasteiger partial charge in [-0.25, -0.2) is 0 Å². The third-order valence-corrected chi connectivity index (χ3v) is 1.75. The molecule has 60 valence electrons. The number of aliphatic hydroxyl groups excluding tert-OH is 1. The van der Waals surface area contributed by atoms with Crippen molar-refractivity contribution in [2.45, 2.75) is 51.3 Å². The van der Waals surface area contributed by atoms with E-state index >= 15 is 0 Å². The van der Waals surface area contributed by atoms with Crippen LogP contribution in [0.1, 0.15) is 33.6 Å². The van der Waals surface area contributed by atoms with Gasteiger partial charge in [0.15, 0.2) is 0 Å². The largest absolute Gasteiger partial charge is 0.393 e. The van der Waals surface area contributed by atoms with Crippen LogP contribution >= 0.6 is 0 Å². The second-order valence-corrected chi connectivity index (χ2v) is 4.22. The van der Waals surface area contributed by atoms with E-state index in [-0.39, 0.29) is 11.6 Å². The summed E-state index contributed by atoms with van der Waals surface area (Å²) < 4.78 is 0. The molecule has 0 atom stereocenters. The zero-order valence-corrected chi connectivity index (χ0v) is 7.02. The Hall–Kier alpha value is -0.0800. The van der Waals surface area contributed by atoms with E-state index in [1.165, 1.54) is 0 Å². The first-order valence-electron chi connectivity index (χ1n) is 3.93. The van der Waals surface area contributed by atoms with Gasteiger partial charge in [0.25, 0.3) is 0 Å². The van der Waals surface area contributed by atoms with Crippen molar-refractivity contribution in [1.29, 1.82) is 0 Å². The maximum Gasteiger partial charge on any atom is 0.0570 e. The number of rotatable bonds is 1. The Labute approximate surface area is 62.6 Å². The molecule has 1 aliphatic carbocycles. The minimum atomic E-state index is -0.0418. The molecule has 0 radical (unpaired) electrons. The summed E-state index contributed by atoms with van der Waals surface area (Å²) >= 11 is 0. The minimum Gasteiger partial charge on any atom is -0.393 e. The van der Waals surface area contributed by atoms with Gasteiger partial charge in [-0.2, -0.15) is 0 Å². The van der Waals surface area contributed by atoms with Crippen LogP contribution in [0.3, 0.4) is 0 Å². The molecule has 2 nitrogen and oxygen atoms in total. The highest BCUT2D eigenvalue weighted by molar-refractivity contribution is 4.88. The number of hydrogen-bond donors (Lipinski definition) is 2. The standard InChI is InChI=1S/C8H17NO/c1-8(2,3)9-6-4-7(10)5-6/h6-7,9-10H,4-5H2,1-3H3. The molecule has 0 spiro atoms. The van der Waals surface area contributed by atoms with E-state index in [1.54, 1.807) is 0 Å². The van der Waals surface area contributed by atoms with Crippen LogP contribution in [-0.2, 0) is 0 Å². The van der Waals surface area contributed by atoms with Crippen molar-refractivity contribution in [2.24, 2.45) is 0 Å². The molecule has 2 heteroatoms. The van der Waals surface area contributed by atoms with Gasteiger partial charge >= 0.3 is 0 Å². The molecule has 1 saturated carbocycles. The Morgan fingerprint density at radius 2 is 1.80 bits per heavy atom. The summed E-state index contributed by atoms with van der Waals surface area (Å²) in [5.74, 6) is 0. The molecular formula is C8H17NO. The zero-order valence-electron chi connectivity index (χ0n) is 7.02. The van der Waals surface area contributed by atoms with Crippen molar-refractivity contribution < 1.29 is 5.11 Å². The van der Waals surface area contributed by atoms with E-state index in [1.807, 2.05) is 0 Å². The Morgan fingerprint density at radius 3 is 2.10 bits per heavy atom. The average Bonchev–Trinajstić information content (AvgIpc) is 1.57. The van der Waals surface area contributed by atoms with E-state index in [4.69, 9.17) is 5.11 Å². The summed E-state index contributed by atoms with van der Waals surface area (Å²) in [6, 6.07) is 0.551. The number of aliphatic hydroxyl groups is 1. The first kappa shape index (κ1) is 8.02. The maximum absolute atomic E-state index is 8.98. The Morgan fingerprint density at radius 1 is 1.30 bits per heavy atom. The molecule has 0 heterocycles. The van der Waals surface area contributed by atoms with Crippen LogP contribution in [-0.4, -0.2) is 22.8 Å². The highest BCUT2D eigenvalue weighted by Crippen LogP contribution is 2.21. The lowest BCUT2D eigenvalue weighted by Crippen LogP contribution is -2.51. The van der Waals surface area contributed by atoms with Crippen LogP contribution in [0, 0.1) is 0 Å². The molecule has 0 aliphatic heterocycles. The van der Waals surface area contributed by atoms with E-state index in [0.29, 0.717) is 6.04 Å². The van der Waals surface area contributed by atoms with Crippen molar-refractivity contribution in [3.63, 3.8) is 0 Å². The molecule has 0 bridgehead atoms. The summed E-state index contributed by atoms with van der Waals surface area (Å²) in [6.45, 7) is 6.45. The fourth-order valence-corrected chi connectivity index (χ4v) is 1.32. The van der Waals surface area contributed by atoms with Gasteiger partial charge < -0.3 is 10.4 Å². The van der Waals surface area contributed by atoms with Gasteiger partial charge in [0.05, 0.1) is 6.10 Å². The molecule has 1 rings (SSSR count). The Kier molecular flexibility index (Phi) is 2.02. The van der Waals surface area contributed by atoms with Gasteiger partial charge in [0.1, 0.15) is 0 Å². The monoisotopic (exact) mass is 143 g/mol. The van der Waals surface area contributed by atoms with E-state index in [9.17, 15) is 0 Å². The zero-order chi connectivity index (χ0) is 7.78. The molecule has 0 saturated heterocycles. The van der Waals surface area contributed by atoms with Crippen LogP contribution in [0.15, 0.2) is 0 Å². The predicted molar refractivity (Wildman–Crippen MR) is 41.9 cm³/mol. The Bertz CT molecular complexity index is 111. The highest BCUT2D eigenvalue weighted by Gasteiger charge is 2.29. The summed E-state index contributed by atoms with van der Waals surface area (Å²) in [5.41, 5.74) is 0.199. The molecule has 2 N–H and O–H groups in total. The summed E-state index contributed by atoms with van der Waals surface area (Å²) in [7, 11) is 0. The van der Waals surface area contributed by atoms with Crippen molar-refractivity contribution in [1.82, 2.24) is 5.32 Å². The molecular weight excluding hydrogens is 126 g/mol. The number of hydrogen-bond acceptors (Lipinski definition) is 2. The van der Waals surface area contributed by atoms with Crippen molar-refractivity contribution >= 4 is 0 Å². The predicted octanol–water partition coefficient (Wildman–Crippen LogP) is 0.898. The quantitative estimate of drug-likeness (QED) is 0.571. The van der Waals surface area contributed by atoms with Crippen molar-refractivity contribution in [2.75, 3.05) is 0 Å². The van der Waals surface area contributed by atoms with Crippen molar-refractivity contribution in [3.05, 3.63) is 0 Å². The van der Waals surface area contributed by atoms with Gasteiger partial charge in [0.2, 0.25) is 0 Å². The second-order valence-electron chi connectivity index (χ2n) is 4.22. The van der Waals surface area contributed by atoms with Crippen LogP contribution < -0.4 is 5.32 Å². The van der Waals surface area contributed by atoms with Gasteiger partial charge in [-0.1, -0.05) is 0 Å². The normalized spacial score (nSPS) is 33.6. The lowest BCUT2D eigenvalue weighted by molar-refractivity contribution is 0.0525. The summed E-state index contributed by atoms with van der Waals surface area (Å²) in [6.07, 6.45) is 1.81. The molecule has 0 aromatic carbocycles. The topological polar surface area (TPSA) is 32.3 Å². The van der Waals surface area contributed by atoms with E-state index in [0.717, 1.165) is 12.8 Å². The van der Waals surface area contributed by atoms with Crippen LogP contribution in [0.25, 0.3) is 0 Å². The SMILES string of the molecule is CC(C)(C)NC1CC(O)C1. The first-order chi connectivity index (χ1) is 4.47. The average molecular weight is 143 g/mol. The van der Waals surface area contributed by atoms with Gasteiger partial charge in [-0.3, -0.25) is 0 Å². The fraction of sp³-hybridized carbons (Fsp3) is 1.00. The minimum absolute atomic E-state index is 0.0418. The molecule has 1 fully saturated rings. The second kappa shape index (κ2) is 2.51. The van der Waals surface area contributed by atoms with Gasteiger partial charge in [0, 0.05) is 11.6 Å².